The summed E-state index contributed by atoms with van der Waals surface area (Å²) in [5, 5.41) is 23.1. The summed E-state index contributed by atoms with van der Waals surface area (Å²) < 4.78 is 9.04. The molecule has 2 amide bonds. The number of nitrogens with one attached hydrogen (secondary N) is 2. The minimum atomic E-state index is -0.291. The molecule has 10 nitrogen and oxygen atoms in total. The predicted molar refractivity (Wildman–Crippen MR) is 149 cm³/mol. The fourth-order valence-electron chi connectivity index (χ4n) is 2.98. The van der Waals surface area contributed by atoms with Crippen LogP contribution in [0.15, 0.2) is 68.6 Å². The third-order valence-corrected chi connectivity index (χ3v) is 7.91. The second kappa shape index (κ2) is 13.6. The van der Waals surface area contributed by atoms with Crippen LogP contribution in [0, 0.1) is 0 Å². The summed E-state index contributed by atoms with van der Waals surface area (Å²) in [7, 11) is 0. The molecule has 192 valence electrons. The first-order chi connectivity index (χ1) is 18.0. The van der Waals surface area contributed by atoms with E-state index in [0.717, 1.165) is 20.3 Å². The van der Waals surface area contributed by atoms with E-state index in [-0.39, 0.29) is 30.7 Å². The van der Waals surface area contributed by atoms with Gasteiger partial charge >= 0.3 is 0 Å². The van der Waals surface area contributed by atoms with Gasteiger partial charge in [0.15, 0.2) is 21.9 Å². The molecular formula is C23H22BrN7O3S3. The van der Waals surface area contributed by atoms with Gasteiger partial charge in [-0.05, 0) is 42.2 Å². The number of halogens is 1. The maximum atomic E-state index is 12.5. The molecule has 0 saturated carbocycles. The standard InChI is InChI=1S/C23H22BrN7O3S3/c1-2-35-23-30-28-21(37-23)26-20(33)14-36-22-29-27-18(31(22)16-10-8-15(24)9-11-16)12-25-19(32)13-34-17-6-4-3-5-7-17/h3-11H,2,12-14H2,1H3,(H,25,32)(H,26,28,33). The zero-order valence-corrected chi connectivity index (χ0v) is 23.6. The molecule has 0 aliphatic rings. The molecule has 0 atom stereocenters. The Hall–Kier alpha value is -2.94. The highest BCUT2D eigenvalue weighted by Gasteiger charge is 2.17. The third kappa shape index (κ3) is 8.02. The maximum Gasteiger partial charge on any atom is 0.258 e. The Labute approximate surface area is 234 Å². The van der Waals surface area contributed by atoms with Gasteiger partial charge in [-0.15, -0.1) is 20.4 Å². The topological polar surface area (TPSA) is 124 Å². The molecule has 2 heterocycles. The average Bonchev–Trinajstić information content (AvgIpc) is 3.53. The Morgan fingerprint density at radius 1 is 1.00 bits per heavy atom. The number of para-hydroxylation sites is 1. The Morgan fingerprint density at radius 3 is 2.54 bits per heavy atom. The van der Waals surface area contributed by atoms with Crippen molar-refractivity contribution in [1.82, 2.24) is 30.3 Å². The highest BCUT2D eigenvalue weighted by atomic mass is 79.9. The lowest BCUT2D eigenvalue weighted by atomic mass is 10.3. The van der Waals surface area contributed by atoms with Crippen LogP contribution in [0.25, 0.3) is 5.69 Å². The van der Waals surface area contributed by atoms with Crippen molar-refractivity contribution in [3.63, 3.8) is 0 Å². The number of benzene rings is 2. The molecular weight excluding hydrogens is 598 g/mol. The summed E-state index contributed by atoms with van der Waals surface area (Å²) >= 11 is 7.58. The van der Waals surface area contributed by atoms with Gasteiger partial charge in [0.05, 0.1) is 12.3 Å². The number of aromatic nitrogens is 5. The van der Waals surface area contributed by atoms with Crippen LogP contribution in [-0.2, 0) is 16.1 Å². The van der Waals surface area contributed by atoms with Gasteiger partial charge in [0, 0.05) is 10.2 Å². The van der Waals surface area contributed by atoms with Crippen LogP contribution in [-0.4, -0.2) is 54.9 Å². The predicted octanol–water partition coefficient (Wildman–Crippen LogP) is 4.42. The van der Waals surface area contributed by atoms with Gasteiger partial charge in [-0.25, -0.2) is 0 Å². The summed E-state index contributed by atoms with van der Waals surface area (Å²) in [6.45, 7) is 2.04. The molecule has 2 aromatic carbocycles. The molecule has 0 aliphatic heterocycles. The first-order valence-corrected chi connectivity index (χ1v) is 14.6. The summed E-state index contributed by atoms with van der Waals surface area (Å²) in [4.78, 5) is 24.9. The average molecular weight is 621 g/mol. The molecule has 37 heavy (non-hydrogen) atoms. The van der Waals surface area contributed by atoms with Crippen molar-refractivity contribution in [1.29, 1.82) is 0 Å². The van der Waals surface area contributed by atoms with Crippen LogP contribution in [0.4, 0.5) is 5.13 Å². The third-order valence-electron chi connectivity index (χ3n) is 4.59. The van der Waals surface area contributed by atoms with E-state index >= 15 is 0 Å². The fraction of sp³-hybridized carbons (Fsp3) is 0.217. The molecule has 0 spiro atoms. The van der Waals surface area contributed by atoms with E-state index in [1.165, 1.54) is 23.1 Å². The summed E-state index contributed by atoms with van der Waals surface area (Å²) in [5.74, 6) is 1.59. The van der Waals surface area contributed by atoms with Crippen LogP contribution >= 0.6 is 50.8 Å². The molecule has 2 N–H and O–H groups in total. The first-order valence-electron chi connectivity index (χ1n) is 11.1. The largest absolute Gasteiger partial charge is 0.484 e. The number of hydrogen-bond donors (Lipinski definition) is 2. The van der Waals surface area contributed by atoms with Crippen molar-refractivity contribution in [3.05, 3.63) is 64.9 Å². The Morgan fingerprint density at radius 2 is 1.78 bits per heavy atom. The molecule has 0 saturated heterocycles. The minimum Gasteiger partial charge on any atom is -0.484 e. The number of anilines is 1. The van der Waals surface area contributed by atoms with Gasteiger partial charge in [-0.3, -0.25) is 19.5 Å². The van der Waals surface area contributed by atoms with E-state index < -0.39 is 0 Å². The minimum absolute atomic E-state index is 0.0990. The number of carbonyl (C=O) groups is 2. The molecule has 0 radical (unpaired) electrons. The van der Waals surface area contributed by atoms with Crippen LogP contribution in [0.1, 0.15) is 12.7 Å². The number of carbonyl (C=O) groups excluding carboxylic acids is 2. The van der Waals surface area contributed by atoms with Crippen molar-refractivity contribution in [2.45, 2.75) is 23.0 Å². The van der Waals surface area contributed by atoms with Gasteiger partial charge in [-0.2, -0.15) is 0 Å². The number of hydrogen-bond acceptors (Lipinski definition) is 10. The SMILES string of the molecule is CCSc1nnc(NC(=O)CSc2nnc(CNC(=O)COc3ccccc3)n2-c2ccc(Br)cc2)s1. The molecule has 4 aromatic rings. The molecule has 0 fully saturated rings. The Bertz CT molecular complexity index is 1330. The Balaban J connectivity index is 1.40. The molecule has 14 heteroatoms. The maximum absolute atomic E-state index is 12.5. The van der Waals surface area contributed by atoms with Gasteiger partial charge in [0.25, 0.3) is 5.91 Å². The van der Waals surface area contributed by atoms with Crippen molar-refractivity contribution >= 4 is 67.7 Å². The first kappa shape index (κ1) is 27.1. The number of nitrogens with zero attached hydrogens (tertiary/aromatic N) is 5. The van der Waals surface area contributed by atoms with E-state index in [2.05, 4.69) is 47.0 Å². The van der Waals surface area contributed by atoms with Crippen LogP contribution < -0.4 is 15.4 Å². The van der Waals surface area contributed by atoms with E-state index in [1.54, 1.807) is 23.9 Å². The smallest absolute Gasteiger partial charge is 0.258 e. The van der Waals surface area contributed by atoms with Crippen molar-refractivity contribution in [3.8, 4) is 11.4 Å². The molecule has 2 aromatic heterocycles. The van der Waals surface area contributed by atoms with Gasteiger partial charge in [0.2, 0.25) is 11.0 Å². The van der Waals surface area contributed by atoms with E-state index in [4.69, 9.17) is 4.74 Å². The summed E-state index contributed by atoms with van der Waals surface area (Å²) in [5.41, 5.74) is 0.797. The second-order valence-corrected chi connectivity index (χ2v) is 11.6. The number of rotatable bonds is 12. The van der Waals surface area contributed by atoms with Gasteiger partial charge in [-0.1, -0.05) is 75.9 Å². The zero-order chi connectivity index (χ0) is 26.0. The number of thioether (sulfide) groups is 2. The summed E-state index contributed by atoms with van der Waals surface area (Å²) in [6.07, 6.45) is 0. The van der Waals surface area contributed by atoms with E-state index in [9.17, 15) is 9.59 Å². The van der Waals surface area contributed by atoms with Gasteiger partial charge < -0.3 is 10.1 Å². The zero-order valence-electron chi connectivity index (χ0n) is 19.6. The highest BCUT2D eigenvalue weighted by Crippen LogP contribution is 2.26. The quantitative estimate of drug-likeness (QED) is 0.175. The highest BCUT2D eigenvalue weighted by molar-refractivity contribution is 9.10. The fourth-order valence-corrected chi connectivity index (χ4v) is 5.68. The molecule has 0 aliphatic carbocycles. The van der Waals surface area contributed by atoms with Crippen molar-refractivity contribution in [2.75, 3.05) is 23.4 Å². The van der Waals surface area contributed by atoms with E-state index in [1.807, 2.05) is 54.0 Å². The van der Waals surface area contributed by atoms with Crippen LogP contribution in [0.2, 0.25) is 0 Å². The van der Waals surface area contributed by atoms with Gasteiger partial charge in [0.1, 0.15) is 5.75 Å². The normalized spacial score (nSPS) is 10.8. The van der Waals surface area contributed by atoms with E-state index in [0.29, 0.717) is 21.9 Å². The van der Waals surface area contributed by atoms with Crippen LogP contribution in [0.3, 0.4) is 0 Å². The monoisotopic (exact) mass is 619 g/mol. The van der Waals surface area contributed by atoms with Crippen LogP contribution in [0.5, 0.6) is 5.75 Å². The lowest BCUT2D eigenvalue weighted by Crippen LogP contribution is -2.29. The molecule has 0 unspecified atom stereocenters. The molecule has 0 bridgehead atoms. The van der Waals surface area contributed by atoms with Crippen molar-refractivity contribution < 1.29 is 14.3 Å². The number of ether oxygens (including phenoxy) is 1. The molecule has 4 rings (SSSR count). The lowest BCUT2D eigenvalue weighted by molar-refractivity contribution is -0.123. The second-order valence-electron chi connectivity index (χ2n) is 7.23. The number of amides is 2. The summed E-state index contributed by atoms with van der Waals surface area (Å²) in [6, 6.07) is 16.7. The van der Waals surface area contributed by atoms with Crippen molar-refractivity contribution in [2.24, 2.45) is 0 Å². The Kier molecular flexibility index (Phi) is 9.93. The lowest BCUT2D eigenvalue weighted by Gasteiger charge is -2.11.